The van der Waals surface area contributed by atoms with Gasteiger partial charge in [0.05, 0.1) is 13.2 Å². The van der Waals surface area contributed by atoms with Gasteiger partial charge in [0.2, 0.25) is 0 Å². The first-order valence-electron chi connectivity index (χ1n) is 10.6. The highest BCUT2D eigenvalue weighted by Crippen LogP contribution is 2.22. The van der Waals surface area contributed by atoms with E-state index in [1.165, 1.54) is 23.3 Å². The molecule has 5 nitrogen and oxygen atoms in total. The molecule has 2 aromatic carbocycles. The smallest absolute Gasteiger partial charge is 0.191 e. The minimum Gasteiger partial charge on any atom is -0.379 e. The Balaban J connectivity index is 0.00000341. The number of halogens is 2. The SMILES string of the molecule is CN=C(NCc1ccccc1CN1CCOCC1)NCC(C)(C)c1ccc(F)cc1.I. The predicted molar refractivity (Wildman–Crippen MR) is 136 cm³/mol. The maximum Gasteiger partial charge on any atom is 0.191 e. The number of hydrogen-bond acceptors (Lipinski definition) is 3. The van der Waals surface area contributed by atoms with Gasteiger partial charge in [0.25, 0.3) is 0 Å². The maximum atomic E-state index is 13.2. The zero-order valence-corrected chi connectivity index (χ0v) is 21.0. The van der Waals surface area contributed by atoms with E-state index in [-0.39, 0.29) is 35.2 Å². The quantitative estimate of drug-likeness (QED) is 0.318. The number of guanidine groups is 1. The van der Waals surface area contributed by atoms with Crippen LogP contribution in [0.5, 0.6) is 0 Å². The fraction of sp³-hybridized carbons (Fsp3) is 0.458. The van der Waals surface area contributed by atoms with Crippen molar-refractivity contribution in [1.82, 2.24) is 15.5 Å². The van der Waals surface area contributed by atoms with E-state index in [2.05, 4.69) is 58.6 Å². The Morgan fingerprint density at radius 1 is 1.03 bits per heavy atom. The lowest BCUT2D eigenvalue weighted by Gasteiger charge is -2.28. The molecule has 0 atom stereocenters. The van der Waals surface area contributed by atoms with Crippen LogP contribution in [-0.2, 0) is 23.2 Å². The lowest BCUT2D eigenvalue weighted by Crippen LogP contribution is -2.43. The number of rotatable bonds is 7. The lowest BCUT2D eigenvalue weighted by atomic mass is 9.84. The van der Waals surface area contributed by atoms with E-state index in [9.17, 15) is 4.39 Å². The van der Waals surface area contributed by atoms with Gasteiger partial charge in [-0.2, -0.15) is 0 Å². The summed E-state index contributed by atoms with van der Waals surface area (Å²) in [5.74, 6) is 0.544. The molecule has 0 amide bonds. The largest absolute Gasteiger partial charge is 0.379 e. The Kier molecular flexibility index (Phi) is 10.2. The number of aliphatic imine (C=N–C) groups is 1. The van der Waals surface area contributed by atoms with Gasteiger partial charge < -0.3 is 15.4 Å². The fourth-order valence-electron chi connectivity index (χ4n) is 3.59. The van der Waals surface area contributed by atoms with Crippen LogP contribution in [0.3, 0.4) is 0 Å². The van der Waals surface area contributed by atoms with Gasteiger partial charge >= 0.3 is 0 Å². The van der Waals surface area contributed by atoms with E-state index >= 15 is 0 Å². The predicted octanol–water partition coefficient (Wildman–Crippen LogP) is 3.92. The van der Waals surface area contributed by atoms with Crippen molar-refractivity contribution < 1.29 is 9.13 Å². The Morgan fingerprint density at radius 2 is 1.68 bits per heavy atom. The van der Waals surface area contributed by atoms with Crippen molar-refractivity contribution in [3.8, 4) is 0 Å². The van der Waals surface area contributed by atoms with Crippen LogP contribution in [0.2, 0.25) is 0 Å². The summed E-state index contributed by atoms with van der Waals surface area (Å²) < 4.78 is 18.7. The van der Waals surface area contributed by atoms with Gasteiger partial charge in [-0.05, 0) is 28.8 Å². The van der Waals surface area contributed by atoms with E-state index in [4.69, 9.17) is 4.74 Å². The Hall–Kier alpha value is -1.71. The second kappa shape index (κ2) is 12.4. The van der Waals surface area contributed by atoms with Crippen LogP contribution in [0, 0.1) is 5.82 Å². The lowest BCUT2D eigenvalue weighted by molar-refractivity contribution is 0.0341. The summed E-state index contributed by atoms with van der Waals surface area (Å²) in [5, 5.41) is 6.84. The first kappa shape index (κ1) is 25.5. The van der Waals surface area contributed by atoms with E-state index in [0.717, 1.165) is 44.4 Å². The van der Waals surface area contributed by atoms with Crippen LogP contribution in [-0.4, -0.2) is 50.8 Å². The average Bonchev–Trinajstić information content (AvgIpc) is 2.76. The summed E-state index contributed by atoms with van der Waals surface area (Å²) in [6.45, 7) is 10.2. The number of nitrogens with zero attached hydrogens (tertiary/aromatic N) is 2. The summed E-state index contributed by atoms with van der Waals surface area (Å²) in [6, 6.07) is 15.2. The summed E-state index contributed by atoms with van der Waals surface area (Å²) in [6.07, 6.45) is 0. The standard InChI is InChI=1S/C24H33FN4O.HI/c1-24(2,21-8-10-22(25)11-9-21)18-28-23(26-3)27-16-19-6-4-5-7-20(19)17-29-12-14-30-15-13-29;/h4-11H,12-18H2,1-3H3,(H2,26,27,28);1H. The number of morpholine rings is 1. The number of hydrogen-bond donors (Lipinski definition) is 2. The molecule has 2 N–H and O–H groups in total. The van der Waals surface area contributed by atoms with Crippen LogP contribution < -0.4 is 10.6 Å². The molecular formula is C24H34FIN4O. The van der Waals surface area contributed by atoms with Gasteiger partial charge in [-0.15, -0.1) is 24.0 Å². The molecule has 1 fully saturated rings. The second-order valence-electron chi connectivity index (χ2n) is 8.33. The molecule has 0 spiro atoms. The minimum absolute atomic E-state index is 0. The third kappa shape index (κ3) is 7.73. The monoisotopic (exact) mass is 540 g/mol. The van der Waals surface area contributed by atoms with Gasteiger partial charge in [0.1, 0.15) is 5.82 Å². The summed E-state index contributed by atoms with van der Waals surface area (Å²) in [7, 11) is 1.78. The molecule has 1 heterocycles. The number of ether oxygens (including phenoxy) is 1. The molecule has 0 bridgehead atoms. The highest BCUT2D eigenvalue weighted by Gasteiger charge is 2.21. The van der Waals surface area contributed by atoms with Gasteiger partial charge in [0, 0.05) is 45.2 Å². The Labute approximate surface area is 202 Å². The topological polar surface area (TPSA) is 48.9 Å². The Morgan fingerprint density at radius 3 is 2.32 bits per heavy atom. The van der Waals surface area contributed by atoms with Crippen molar-refractivity contribution >= 4 is 29.9 Å². The van der Waals surface area contributed by atoms with E-state index in [1.54, 1.807) is 7.05 Å². The van der Waals surface area contributed by atoms with Crippen LogP contribution >= 0.6 is 24.0 Å². The molecule has 3 rings (SSSR count). The van der Waals surface area contributed by atoms with Crippen LogP contribution in [0.1, 0.15) is 30.5 Å². The van der Waals surface area contributed by atoms with E-state index in [1.807, 2.05) is 12.1 Å². The van der Waals surface area contributed by atoms with Crippen LogP contribution in [0.25, 0.3) is 0 Å². The molecule has 0 aliphatic carbocycles. The number of nitrogens with one attached hydrogen (secondary N) is 2. The summed E-state index contributed by atoms with van der Waals surface area (Å²) >= 11 is 0. The molecule has 1 aliphatic rings. The number of benzene rings is 2. The van der Waals surface area contributed by atoms with Gasteiger partial charge in [-0.3, -0.25) is 9.89 Å². The first-order valence-corrected chi connectivity index (χ1v) is 10.6. The highest BCUT2D eigenvalue weighted by atomic mass is 127. The van der Waals surface area contributed by atoms with E-state index in [0.29, 0.717) is 13.1 Å². The van der Waals surface area contributed by atoms with Gasteiger partial charge in [-0.25, -0.2) is 4.39 Å². The molecule has 1 aliphatic heterocycles. The molecular weight excluding hydrogens is 506 g/mol. The zero-order chi connectivity index (χ0) is 21.4. The third-order valence-corrected chi connectivity index (χ3v) is 5.61. The molecule has 0 saturated carbocycles. The molecule has 1 saturated heterocycles. The molecule has 0 unspecified atom stereocenters. The highest BCUT2D eigenvalue weighted by molar-refractivity contribution is 14.0. The molecule has 2 aromatic rings. The van der Waals surface area contributed by atoms with Gasteiger partial charge in [-0.1, -0.05) is 50.2 Å². The third-order valence-electron chi connectivity index (χ3n) is 5.61. The van der Waals surface area contributed by atoms with Crippen molar-refractivity contribution in [2.24, 2.45) is 4.99 Å². The van der Waals surface area contributed by atoms with E-state index < -0.39 is 0 Å². The maximum absolute atomic E-state index is 13.2. The molecule has 0 radical (unpaired) electrons. The molecule has 170 valence electrons. The van der Waals surface area contributed by atoms with Crippen molar-refractivity contribution in [2.75, 3.05) is 39.9 Å². The molecule has 7 heteroatoms. The van der Waals surface area contributed by atoms with Crippen molar-refractivity contribution in [1.29, 1.82) is 0 Å². The average molecular weight is 540 g/mol. The summed E-state index contributed by atoms with van der Waals surface area (Å²) in [4.78, 5) is 6.80. The Bertz CT molecular complexity index is 836. The summed E-state index contributed by atoms with van der Waals surface area (Å²) in [5.41, 5.74) is 3.53. The van der Waals surface area contributed by atoms with Gasteiger partial charge in [0.15, 0.2) is 5.96 Å². The zero-order valence-electron chi connectivity index (χ0n) is 18.7. The second-order valence-corrected chi connectivity index (χ2v) is 8.33. The van der Waals surface area contributed by atoms with Crippen molar-refractivity contribution in [3.05, 3.63) is 71.0 Å². The first-order chi connectivity index (χ1) is 14.5. The van der Waals surface area contributed by atoms with Crippen molar-refractivity contribution in [3.63, 3.8) is 0 Å². The van der Waals surface area contributed by atoms with Crippen LogP contribution in [0.15, 0.2) is 53.5 Å². The molecule has 31 heavy (non-hydrogen) atoms. The van der Waals surface area contributed by atoms with Crippen molar-refractivity contribution in [2.45, 2.75) is 32.4 Å². The van der Waals surface area contributed by atoms with Crippen LogP contribution in [0.4, 0.5) is 4.39 Å². The fourth-order valence-corrected chi connectivity index (χ4v) is 3.59. The molecule has 0 aromatic heterocycles. The minimum atomic E-state index is -0.212. The normalized spacial score (nSPS) is 15.3.